The van der Waals surface area contributed by atoms with Crippen LogP contribution in [0.1, 0.15) is 5.56 Å². The fourth-order valence-corrected chi connectivity index (χ4v) is 4.07. The number of ether oxygens (including phenoxy) is 2. The molecule has 148 valence electrons. The third-order valence-electron chi connectivity index (χ3n) is 4.60. The first-order valence-corrected chi connectivity index (χ1v) is 9.92. The molecule has 1 aliphatic rings. The van der Waals surface area contributed by atoms with Crippen LogP contribution in [0.25, 0.3) is 11.3 Å². The monoisotopic (exact) mass is 461 g/mol. The Morgan fingerprint density at radius 1 is 1.04 bits per heavy atom. The van der Waals surface area contributed by atoms with Crippen molar-refractivity contribution in [3.8, 4) is 17.0 Å². The van der Waals surface area contributed by atoms with Gasteiger partial charge < -0.3 is 14.5 Å². The number of aromatic nitrogens is 1. The topological polar surface area (TPSA) is 39.0 Å². The maximum atomic E-state index is 5.55. The van der Waals surface area contributed by atoms with Crippen LogP contribution in [0.4, 0.5) is 5.69 Å². The Kier molecular flexibility index (Phi) is 6.93. The van der Waals surface area contributed by atoms with Crippen LogP contribution in [-0.4, -0.2) is 38.1 Å². The lowest BCUT2D eigenvalue weighted by Crippen LogP contribution is -2.48. The van der Waals surface area contributed by atoms with Crippen LogP contribution in [0.15, 0.2) is 58.9 Å². The highest BCUT2D eigenvalue weighted by Crippen LogP contribution is 2.27. The van der Waals surface area contributed by atoms with E-state index in [0.29, 0.717) is 0 Å². The highest BCUT2D eigenvalue weighted by Gasteiger charge is 2.17. The number of hydrogen-bond donors (Lipinski definition) is 0. The third kappa shape index (κ3) is 4.32. The van der Waals surface area contributed by atoms with Crippen LogP contribution in [0.2, 0.25) is 0 Å². The van der Waals surface area contributed by atoms with Gasteiger partial charge in [-0.25, -0.2) is 9.67 Å². The van der Waals surface area contributed by atoms with E-state index in [1.54, 1.807) is 18.4 Å². The number of methoxy groups -OCH3 is 1. The van der Waals surface area contributed by atoms with Gasteiger partial charge in [-0.2, -0.15) is 0 Å². The van der Waals surface area contributed by atoms with E-state index in [-0.39, 0.29) is 17.0 Å². The van der Waals surface area contributed by atoms with Crippen LogP contribution in [0.3, 0.4) is 0 Å². The largest absolute Gasteiger partial charge is 0.494 e. The van der Waals surface area contributed by atoms with Crippen molar-refractivity contribution in [2.45, 2.75) is 6.92 Å². The number of nitrogens with zero attached hydrogens (tertiary/aromatic N) is 3. The number of para-hydroxylation sites is 2. The fraction of sp³-hybridized carbons (Fsp3) is 0.286. The van der Waals surface area contributed by atoms with Crippen LogP contribution < -0.4 is 14.5 Å². The Balaban J connectivity index is 0.00000225. The predicted molar refractivity (Wildman–Crippen MR) is 120 cm³/mol. The summed E-state index contributed by atoms with van der Waals surface area (Å²) < 4.78 is 13.3. The molecule has 5 nitrogen and oxygen atoms in total. The van der Waals surface area contributed by atoms with E-state index in [4.69, 9.17) is 14.5 Å². The molecule has 0 bridgehead atoms. The summed E-state index contributed by atoms with van der Waals surface area (Å²) in [5.74, 6) is 0.774. The highest BCUT2D eigenvalue weighted by atomic mass is 79.9. The predicted octanol–water partition coefficient (Wildman–Crippen LogP) is 4.31. The molecule has 4 rings (SSSR count). The Bertz CT molecular complexity index is 976. The van der Waals surface area contributed by atoms with Gasteiger partial charge in [-0.05, 0) is 19.1 Å². The van der Waals surface area contributed by atoms with Gasteiger partial charge in [-0.15, -0.1) is 28.3 Å². The molecular formula is C21H24BrN3O2S. The van der Waals surface area contributed by atoms with E-state index < -0.39 is 0 Å². The molecule has 0 unspecified atom stereocenters. The second-order valence-electron chi connectivity index (χ2n) is 6.43. The van der Waals surface area contributed by atoms with Crippen molar-refractivity contribution in [2.24, 2.45) is 4.99 Å². The molecule has 28 heavy (non-hydrogen) atoms. The number of hydrogen-bond acceptors (Lipinski definition) is 5. The van der Waals surface area contributed by atoms with Crippen LogP contribution in [-0.2, 0) is 4.74 Å². The van der Waals surface area contributed by atoms with Gasteiger partial charge in [-0.1, -0.05) is 42.0 Å². The van der Waals surface area contributed by atoms with E-state index in [0.717, 1.165) is 48.2 Å². The van der Waals surface area contributed by atoms with Gasteiger partial charge in [-0.3, -0.25) is 0 Å². The van der Waals surface area contributed by atoms with E-state index in [2.05, 4.69) is 46.3 Å². The molecule has 3 aromatic rings. The fourth-order valence-electron chi connectivity index (χ4n) is 3.15. The highest BCUT2D eigenvalue weighted by molar-refractivity contribution is 8.93. The average Bonchev–Trinajstić information content (AvgIpc) is 3.13. The lowest BCUT2D eigenvalue weighted by Gasteiger charge is -2.31. The van der Waals surface area contributed by atoms with Gasteiger partial charge >= 0.3 is 0 Å². The molecule has 0 N–H and O–H groups in total. The molecule has 0 radical (unpaired) electrons. The van der Waals surface area contributed by atoms with Gasteiger partial charge in [0.25, 0.3) is 0 Å². The molecule has 1 fully saturated rings. The maximum Gasteiger partial charge on any atom is 0.209 e. The first-order valence-electron chi connectivity index (χ1n) is 9.04. The van der Waals surface area contributed by atoms with E-state index in [1.807, 2.05) is 24.3 Å². The van der Waals surface area contributed by atoms with Crippen LogP contribution >= 0.6 is 28.3 Å². The smallest absolute Gasteiger partial charge is 0.209 e. The second kappa shape index (κ2) is 9.41. The molecule has 0 saturated carbocycles. The number of thiazole rings is 1. The molecule has 1 aromatic heterocycles. The minimum Gasteiger partial charge on any atom is -0.494 e. The zero-order valence-corrected chi connectivity index (χ0v) is 18.5. The summed E-state index contributed by atoms with van der Waals surface area (Å²) in [5, 5.41) is 4.48. The number of rotatable bonds is 4. The summed E-state index contributed by atoms with van der Waals surface area (Å²) in [5.41, 5.74) is 4.42. The number of morpholine rings is 1. The SMILES string of the molecule is Br.COc1ccccc1N=c1scc(-c2ccc(C)cc2)n1N1CCOCC1. The van der Waals surface area contributed by atoms with Crippen molar-refractivity contribution in [2.75, 3.05) is 38.4 Å². The molecular weight excluding hydrogens is 438 g/mol. The Morgan fingerprint density at radius 2 is 1.75 bits per heavy atom. The maximum absolute atomic E-state index is 5.55. The summed E-state index contributed by atoms with van der Waals surface area (Å²) >= 11 is 1.64. The normalized spacial score (nSPS) is 14.6. The molecule has 2 aromatic carbocycles. The molecule has 7 heteroatoms. The van der Waals surface area contributed by atoms with Crippen molar-refractivity contribution in [3.05, 3.63) is 64.3 Å². The molecule has 0 spiro atoms. The molecule has 0 atom stereocenters. The van der Waals surface area contributed by atoms with Crippen LogP contribution in [0.5, 0.6) is 5.75 Å². The van der Waals surface area contributed by atoms with Crippen molar-refractivity contribution in [3.63, 3.8) is 0 Å². The molecule has 1 saturated heterocycles. The van der Waals surface area contributed by atoms with Gasteiger partial charge in [0.2, 0.25) is 4.80 Å². The van der Waals surface area contributed by atoms with Gasteiger partial charge in [0, 0.05) is 10.9 Å². The average molecular weight is 462 g/mol. The minimum absolute atomic E-state index is 0. The zero-order valence-electron chi connectivity index (χ0n) is 16.0. The quantitative estimate of drug-likeness (QED) is 0.580. The van der Waals surface area contributed by atoms with Crippen molar-refractivity contribution in [1.29, 1.82) is 0 Å². The molecule has 2 heterocycles. The zero-order chi connectivity index (χ0) is 18.6. The number of aryl methyl sites for hydroxylation is 1. The number of halogens is 1. The lowest BCUT2D eigenvalue weighted by molar-refractivity contribution is 0.111. The first kappa shape index (κ1) is 20.6. The summed E-state index contributed by atoms with van der Waals surface area (Å²) in [6.45, 7) is 5.24. The van der Waals surface area contributed by atoms with Crippen LogP contribution in [0, 0.1) is 6.92 Å². The summed E-state index contributed by atoms with van der Waals surface area (Å²) in [6, 6.07) is 16.5. The minimum atomic E-state index is 0. The second-order valence-corrected chi connectivity index (χ2v) is 7.27. The summed E-state index contributed by atoms with van der Waals surface area (Å²) in [4.78, 5) is 5.85. The van der Waals surface area contributed by atoms with Crippen molar-refractivity contribution < 1.29 is 9.47 Å². The molecule has 0 amide bonds. The van der Waals surface area contributed by atoms with Crippen molar-refractivity contribution in [1.82, 2.24) is 4.68 Å². The van der Waals surface area contributed by atoms with E-state index >= 15 is 0 Å². The van der Waals surface area contributed by atoms with Gasteiger partial charge in [0.05, 0.1) is 39.1 Å². The van der Waals surface area contributed by atoms with E-state index in [1.165, 1.54) is 11.1 Å². The molecule has 0 aliphatic carbocycles. The summed E-state index contributed by atoms with van der Waals surface area (Å²) in [7, 11) is 1.68. The number of benzene rings is 2. The Hall–Kier alpha value is -2.09. The lowest BCUT2D eigenvalue weighted by atomic mass is 10.1. The Labute approximate surface area is 179 Å². The summed E-state index contributed by atoms with van der Waals surface area (Å²) in [6.07, 6.45) is 0. The third-order valence-corrected chi connectivity index (χ3v) is 5.42. The standard InChI is InChI=1S/C21H23N3O2S.BrH/c1-16-7-9-17(10-8-16)19-15-27-21(24(19)23-11-13-26-14-12-23)22-18-5-3-4-6-20(18)25-2;/h3-10,15H,11-14H2,1-2H3;1H. The van der Waals surface area contributed by atoms with Gasteiger partial charge in [0.1, 0.15) is 11.4 Å². The first-order chi connectivity index (χ1) is 13.3. The van der Waals surface area contributed by atoms with E-state index in [9.17, 15) is 0 Å². The Morgan fingerprint density at radius 3 is 2.46 bits per heavy atom. The van der Waals surface area contributed by atoms with Crippen molar-refractivity contribution >= 4 is 34.0 Å². The van der Waals surface area contributed by atoms with Gasteiger partial charge in [0.15, 0.2) is 0 Å². The molecule has 1 aliphatic heterocycles.